The molecule has 0 saturated carbocycles. The molecule has 110 valence electrons. The summed E-state index contributed by atoms with van der Waals surface area (Å²) in [6, 6.07) is 6.02. The predicted molar refractivity (Wildman–Crippen MR) is 77.3 cm³/mol. The number of halogens is 1. The second-order valence-electron chi connectivity index (χ2n) is 6.11. The highest BCUT2D eigenvalue weighted by Crippen LogP contribution is 2.30. The van der Waals surface area contributed by atoms with E-state index in [4.69, 9.17) is 4.74 Å². The van der Waals surface area contributed by atoms with Crippen molar-refractivity contribution in [3.05, 3.63) is 35.0 Å². The predicted octanol–water partition coefficient (Wildman–Crippen LogP) is 2.08. The van der Waals surface area contributed by atoms with E-state index >= 15 is 0 Å². The quantitative estimate of drug-likeness (QED) is 0.880. The maximum atomic E-state index is 14.2. The molecule has 1 aromatic carbocycles. The van der Waals surface area contributed by atoms with Gasteiger partial charge in [-0.15, -0.1) is 0 Å². The van der Waals surface area contributed by atoms with Gasteiger partial charge in [0.2, 0.25) is 0 Å². The van der Waals surface area contributed by atoms with E-state index in [9.17, 15) is 9.18 Å². The van der Waals surface area contributed by atoms with Crippen LogP contribution in [0.3, 0.4) is 0 Å². The van der Waals surface area contributed by atoms with E-state index in [2.05, 4.69) is 16.0 Å². The molecule has 0 aliphatic carbocycles. The van der Waals surface area contributed by atoms with Gasteiger partial charge in [-0.05, 0) is 29.7 Å². The molecule has 2 aliphatic rings. The number of fused-ring (bicyclic) bond motifs is 3. The highest BCUT2D eigenvalue weighted by molar-refractivity contribution is 5.90. The Balaban J connectivity index is 1.66. The monoisotopic (exact) mass is 288 g/mol. The van der Waals surface area contributed by atoms with Crippen molar-refractivity contribution in [3.63, 3.8) is 0 Å². The highest BCUT2D eigenvalue weighted by atomic mass is 19.1. The van der Waals surface area contributed by atoms with Crippen molar-refractivity contribution in [1.29, 1.82) is 0 Å². The molecule has 21 heavy (non-hydrogen) atoms. The second-order valence-corrected chi connectivity index (χ2v) is 6.11. The topological polar surface area (TPSA) is 45.3 Å². The number of benzene rings is 1. The molecule has 0 amide bonds. The maximum Gasteiger partial charge on any atom is 0.169 e. The summed E-state index contributed by atoms with van der Waals surface area (Å²) in [5.74, 6) is 0. The molecule has 0 radical (unpaired) electrons. The molecular formula is C16H17FN2O2. The highest BCUT2D eigenvalue weighted by Gasteiger charge is 2.40. The molecule has 1 saturated heterocycles. The largest absolute Gasteiger partial charge is 0.375 e. The molecule has 5 heteroatoms. The summed E-state index contributed by atoms with van der Waals surface area (Å²) in [7, 11) is 0. The SMILES string of the molecule is O=Cc1cc2c3c(ccc2[nH]1)CCN(CC1(F)COC1)C3. The summed E-state index contributed by atoms with van der Waals surface area (Å²) in [4.78, 5) is 16.2. The van der Waals surface area contributed by atoms with Crippen molar-refractivity contribution in [2.45, 2.75) is 18.6 Å². The Bertz CT molecular complexity index is 706. The van der Waals surface area contributed by atoms with E-state index in [0.29, 0.717) is 12.2 Å². The third kappa shape index (κ3) is 2.17. The molecule has 3 heterocycles. The zero-order valence-corrected chi connectivity index (χ0v) is 11.7. The normalized spacial score (nSPS) is 21.0. The molecule has 2 aliphatic heterocycles. The first-order valence-corrected chi connectivity index (χ1v) is 7.25. The minimum Gasteiger partial charge on any atom is -0.375 e. The number of nitrogens with one attached hydrogen (secondary N) is 1. The lowest BCUT2D eigenvalue weighted by atomic mass is 9.94. The van der Waals surface area contributed by atoms with E-state index in [-0.39, 0.29) is 13.2 Å². The molecule has 1 N–H and O–H groups in total. The van der Waals surface area contributed by atoms with Gasteiger partial charge in [-0.2, -0.15) is 0 Å². The molecule has 4 rings (SSSR count). The number of carbonyl (C=O) groups is 1. The van der Waals surface area contributed by atoms with Crippen molar-refractivity contribution in [1.82, 2.24) is 9.88 Å². The molecule has 0 unspecified atom stereocenters. The van der Waals surface area contributed by atoms with Crippen LogP contribution in [0.1, 0.15) is 21.6 Å². The second kappa shape index (κ2) is 4.64. The smallest absolute Gasteiger partial charge is 0.169 e. The summed E-state index contributed by atoms with van der Waals surface area (Å²) in [6.45, 7) is 2.44. The van der Waals surface area contributed by atoms with E-state index < -0.39 is 5.67 Å². The average molecular weight is 288 g/mol. The van der Waals surface area contributed by atoms with Crippen LogP contribution in [0.25, 0.3) is 10.9 Å². The van der Waals surface area contributed by atoms with Crippen LogP contribution < -0.4 is 0 Å². The van der Waals surface area contributed by atoms with Crippen molar-refractivity contribution >= 4 is 17.2 Å². The van der Waals surface area contributed by atoms with Crippen molar-refractivity contribution < 1.29 is 13.9 Å². The van der Waals surface area contributed by atoms with Gasteiger partial charge in [0, 0.05) is 30.5 Å². The Hall–Kier alpha value is -1.72. The minimum atomic E-state index is -1.18. The van der Waals surface area contributed by atoms with E-state index in [1.54, 1.807) is 0 Å². The fourth-order valence-corrected chi connectivity index (χ4v) is 3.35. The number of aldehydes is 1. The van der Waals surface area contributed by atoms with Crippen LogP contribution in [0.4, 0.5) is 4.39 Å². The van der Waals surface area contributed by atoms with Gasteiger partial charge in [-0.3, -0.25) is 9.69 Å². The Morgan fingerprint density at radius 1 is 1.43 bits per heavy atom. The van der Waals surface area contributed by atoms with Gasteiger partial charge >= 0.3 is 0 Å². The Labute approximate surface area is 121 Å². The van der Waals surface area contributed by atoms with Crippen LogP contribution in [0, 0.1) is 0 Å². The first-order valence-electron chi connectivity index (χ1n) is 7.25. The Morgan fingerprint density at radius 3 is 3.00 bits per heavy atom. The molecular weight excluding hydrogens is 271 g/mol. The average Bonchev–Trinajstić information content (AvgIpc) is 2.89. The Morgan fingerprint density at radius 2 is 2.29 bits per heavy atom. The number of aromatic amines is 1. The number of carbonyl (C=O) groups excluding carboxylic acids is 1. The van der Waals surface area contributed by atoms with Crippen LogP contribution in [0.15, 0.2) is 18.2 Å². The summed E-state index contributed by atoms with van der Waals surface area (Å²) in [5.41, 5.74) is 2.89. The third-order valence-corrected chi connectivity index (χ3v) is 4.47. The van der Waals surface area contributed by atoms with Crippen LogP contribution in [-0.4, -0.2) is 48.1 Å². The van der Waals surface area contributed by atoms with E-state index in [0.717, 1.165) is 36.7 Å². The van der Waals surface area contributed by atoms with Crippen molar-refractivity contribution in [2.75, 3.05) is 26.3 Å². The van der Waals surface area contributed by atoms with Crippen LogP contribution >= 0.6 is 0 Å². The molecule has 1 aromatic heterocycles. The van der Waals surface area contributed by atoms with Crippen LogP contribution in [-0.2, 0) is 17.7 Å². The lowest BCUT2D eigenvalue weighted by molar-refractivity contribution is -0.142. The number of nitrogens with zero attached hydrogens (tertiary/aromatic N) is 1. The standard InChI is InChI=1S/C16H17FN2O2/c17-16(9-21-10-16)8-19-4-3-11-1-2-15-13(14(11)6-19)5-12(7-20)18-15/h1-2,5,7,18H,3-4,6,8-10H2. The van der Waals surface area contributed by atoms with Crippen molar-refractivity contribution in [2.24, 2.45) is 0 Å². The Kier molecular flexibility index (Phi) is 2.87. The van der Waals surface area contributed by atoms with Crippen LogP contribution in [0.5, 0.6) is 0 Å². The number of aromatic nitrogens is 1. The third-order valence-electron chi connectivity index (χ3n) is 4.47. The maximum absolute atomic E-state index is 14.2. The fraction of sp³-hybridized carbons (Fsp3) is 0.438. The fourth-order valence-electron chi connectivity index (χ4n) is 3.35. The summed E-state index contributed by atoms with van der Waals surface area (Å²) in [5, 5.41) is 1.08. The molecule has 0 bridgehead atoms. The van der Waals surface area contributed by atoms with E-state index in [1.807, 2.05) is 12.1 Å². The summed E-state index contributed by atoms with van der Waals surface area (Å²) in [6.07, 6.45) is 1.75. The minimum absolute atomic E-state index is 0.208. The first kappa shape index (κ1) is 13.0. The van der Waals surface area contributed by atoms with Gasteiger partial charge in [-0.25, -0.2) is 4.39 Å². The molecule has 4 nitrogen and oxygen atoms in total. The molecule has 0 atom stereocenters. The van der Waals surface area contributed by atoms with Gasteiger partial charge in [0.15, 0.2) is 12.0 Å². The van der Waals surface area contributed by atoms with Gasteiger partial charge in [-0.1, -0.05) is 6.07 Å². The zero-order chi connectivity index (χ0) is 14.4. The number of alkyl halides is 1. The summed E-state index contributed by atoms with van der Waals surface area (Å²) >= 11 is 0. The number of hydrogen-bond acceptors (Lipinski definition) is 3. The van der Waals surface area contributed by atoms with Crippen molar-refractivity contribution in [3.8, 4) is 0 Å². The number of hydrogen-bond donors (Lipinski definition) is 1. The molecule has 0 spiro atoms. The van der Waals surface area contributed by atoms with Gasteiger partial charge in [0.1, 0.15) is 0 Å². The first-order chi connectivity index (χ1) is 10.2. The molecule has 1 fully saturated rings. The van der Waals surface area contributed by atoms with Gasteiger partial charge < -0.3 is 9.72 Å². The summed E-state index contributed by atoms with van der Waals surface area (Å²) < 4.78 is 19.2. The van der Waals surface area contributed by atoms with E-state index in [1.165, 1.54) is 11.1 Å². The number of rotatable bonds is 3. The number of ether oxygens (including phenoxy) is 1. The lowest BCUT2D eigenvalue weighted by Crippen LogP contribution is -2.54. The number of H-pyrrole nitrogens is 1. The lowest BCUT2D eigenvalue weighted by Gasteiger charge is -2.39. The van der Waals surface area contributed by atoms with Gasteiger partial charge in [0.05, 0.1) is 18.9 Å². The van der Waals surface area contributed by atoms with Gasteiger partial charge in [0.25, 0.3) is 0 Å². The zero-order valence-electron chi connectivity index (χ0n) is 11.7. The molecule has 2 aromatic rings. The van der Waals surface area contributed by atoms with Crippen LogP contribution in [0.2, 0.25) is 0 Å².